The van der Waals surface area contributed by atoms with Gasteiger partial charge in [-0.3, -0.25) is 0 Å². The van der Waals surface area contributed by atoms with Gasteiger partial charge in [0.1, 0.15) is 5.75 Å². The van der Waals surface area contributed by atoms with Gasteiger partial charge >= 0.3 is 5.97 Å². The smallest absolute Gasteiger partial charge is 0.351 e. The lowest BCUT2D eigenvalue weighted by molar-refractivity contribution is -0.135. The summed E-state index contributed by atoms with van der Waals surface area (Å²) in [7, 11) is -1.49. The number of anilines is 1. The number of nitrogens with one attached hydrogen (secondary N) is 1. The second-order valence-corrected chi connectivity index (χ2v) is 7.18. The zero-order chi connectivity index (χ0) is 18.4. The van der Waals surface area contributed by atoms with Crippen LogP contribution in [0.5, 0.6) is 5.75 Å². The second kappa shape index (κ2) is 8.04. The third-order valence-corrected chi connectivity index (χ3v) is 5.27. The van der Waals surface area contributed by atoms with E-state index in [-0.39, 0.29) is 4.90 Å². The fourth-order valence-corrected chi connectivity index (χ4v) is 3.31. The molecule has 0 bridgehead atoms. The number of hydrogen-bond acceptors (Lipinski definition) is 6. The molecule has 132 valence electrons. The molecule has 0 fully saturated rings. The third-order valence-electron chi connectivity index (χ3n) is 3.26. The van der Waals surface area contributed by atoms with Crippen LogP contribution in [0.4, 0.5) is 5.69 Å². The van der Waals surface area contributed by atoms with Crippen molar-refractivity contribution in [3.63, 3.8) is 0 Å². The van der Waals surface area contributed by atoms with Gasteiger partial charge in [0.05, 0.1) is 19.1 Å². The number of benzene rings is 2. The number of carbonyl (C=O) groups excluding carboxylic acids is 1. The maximum absolute atomic E-state index is 12.7. The van der Waals surface area contributed by atoms with Crippen molar-refractivity contribution in [1.29, 1.82) is 0 Å². The lowest BCUT2D eigenvalue weighted by atomic mass is 10.3. The van der Waals surface area contributed by atoms with E-state index in [0.717, 1.165) is 13.3 Å². The molecule has 6 nitrogen and oxygen atoms in total. The lowest BCUT2D eigenvalue weighted by Crippen LogP contribution is -2.17. The number of methoxy groups -OCH3 is 2. The molecule has 0 aliphatic carbocycles. The molecule has 1 N–H and O–H groups in total. The Kier molecular flexibility index (Phi) is 6.06. The summed E-state index contributed by atoms with van der Waals surface area (Å²) in [6.07, 6.45) is 1.09. The molecule has 25 heavy (non-hydrogen) atoms. The molecule has 2 rings (SSSR count). The van der Waals surface area contributed by atoms with Crippen molar-refractivity contribution in [3.05, 3.63) is 64.7 Å². The molecular formula is C17H16ClNO5S. The van der Waals surface area contributed by atoms with Gasteiger partial charge in [-0.15, -0.1) is 0 Å². The number of esters is 1. The van der Waals surface area contributed by atoms with E-state index in [4.69, 9.17) is 16.3 Å². The van der Waals surface area contributed by atoms with Crippen LogP contribution in [0.15, 0.2) is 64.5 Å². The van der Waals surface area contributed by atoms with Crippen molar-refractivity contribution >= 4 is 33.1 Å². The first-order valence-electron chi connectivity index (χ1n) is 7.08. The van der Waals surface area contributed by atoms with Crippen LogP contribution < -0.4 is 10.1 Å². The molecule has 0 aliphatic rings. The zero-order valence-electron chi connectivity index (χ0n) is 13.5. The van der Waals surface area contributed by atoms with E-state index >= 15 is 0 Å². The first-order chi connectivity index (χ1) is 11.9. The van der Waals surface area contributed by atoms with Gasteiger partial charge in [-0.25, -0.2) is 13.2 Å². The monoisotopic (exact) mass is 381 g/mol. The number of sulfone groups is 1. The van der Waals surface area contributed by atoms with E-state index in [1.165, 1.54) is 31.4 Å². The normalized spacial score (nSPS) is 11.7. The van der Waals surface area contributed by atoms with Crippen LogP contribution >= 0.6 is 11.6 Å². The Morgan fingerprint density at radius 2 is 1.64 bits per heavy atom. The number of rotatable bonds is 6. The highest BCUT2D eigenvalue weighted by atomic mass is 35.5. The van der Waals surface area contributed by atoms with E-state index in [0.29, 0.717) is 16.5 Å². The Morgan fingerprint density at radius 3 is 2.16 bits per heavy atom. The first kappa shape index (κ1) is 18.8. The average molecular weight is 382 g/mol. The molecule has 0 aliphatic heterocycles. The number of hydrogen-bond donors (Lipinski definition) is 1. The van der Waals surface area contributed by atoms with Gasteiger partial charge in [-0.1, -0.05) is 11.6 Å². The summed E-state index contributed by atoms with van der Waals surface area (Å²) < 4.78 is 35.1. The molecule has 2 aromatic carbocycles. The molecule has 0 saturated heterocycles. The first-order valence-corrected chi connectivity index (χ1v) is 8.94. The van der Waals surface area contributed by atoms with E-state index in [9.17, 15) is 13.2 Å². The molecule has 0 heterocycles. The van der Waals surface area contributed by atoms with Gasteiger partial charge in [0.15, 0.2) is 4.91 Å². The van der Waals surface area contributed by atoms with Crippen LogP contribution in [-0.4, -0.2) is 28.6 Å². The number of halogens is 1. The van der Waals surface area contributed by atoms with Crippen molar-refractivity contribution in [3.8, 4) is 5.75 Å². The third kappa shape index (κ3) is 4.52. The second-order valence-electron chi connectivity index (χ2n) is 4.83. The maximum Gasteiger partial charge on any atom is 0.351 e. The summed E-state index contributed by atoms with van der Waals surface area (Å²) in [6.45, 7) is 0. The quantitative estimate of drug-likeness (QED) is 0.611. The fourth-order valence-electron chi connectivity index (χ4n) is 1.92. The highest BCUT2D eigenvalue weighted by Gasteiger charge is 2.28. The SMILES string of the molecule is COC(=O)C(=CNc1ccc(Cl)cc1)S(=O)(=O)c1ccc(OC)cc1. The highest BCUT2D eigenvalue weighted by Crippen LogP contribution is 2.23. The summed E-state index contributed by atoms with van der Waals surface area (Å²) >= 11 is 5.80. The summed E-state index contributed by atoms with van der Waals surface area (Å²) in [5.74, 6) is -0.473. The molecule has 0 atom stereocenters. The Labute approximate surface area is 150 Å². The van der Waals surface area contributed by atoms with Crippen LogP contribution in [0, 0.1) is 0 Å². The maximum atomic E-state index is 12.7. The molecule has 0 aromatic heterocycles. The van der Waals surface area contributed by atoms with Gasteiger partial charge in [-0.05, 0) is 48.5 Å². The van der Waals surface area contributed by atoms with Gasteiger partial charge in [0, 0.05) is 16.9 Å². The molecule has 8 heteroatoms. The highest BCUT2D eigenvalue weighted by molar-refractivity contribution is 7.96. The molecule has 0 unspecified atom stereocenters. The van der Waals surface area contributed by atoms with Crippen molar-refractivity contribution in [2.75, 3.05) is 19.5 Å². The predicted molar refractivity (Wildman–Crippen MR) is 95.4 cm³/mol. The summed E-state index contributed by atoms with van der Waals surface area (Å²) in [5.41, 5.74) is 0.565. The van der Waals surface area contributed by atoms with E-state index in [1.807, 2.05) is 0 Å². The average Bonchev–Trinajstić information content (AvgIpc) is 2.63. The zero-order valence-corrected chi connectivity index (χ0v) is 15.1. The standard InChI is InChI=1S/C17H16ClNO5S/c1-23-14-7-9-15(10-8-14)25(21,22)16(17(20)24-2)11-19-13-5-3-12(18)4-6-13/h3-11,19H,1-2H3. The molecule has 0 radical (unpaired) electrons. The van der Waals surface area contributed by atoms with E-state index in [2.05, 4.69) is 10.1 Å². The van der Waals surface area contributed by atoms with Crippen molar-refractivity contribution in [2.45, 2.75) is 4.90 Å². The van der Waals surface area contributed by atoms with Crippen LogP contribution in [-0.2, 0) is 19.4 Å². The molecular weight excluding hydrogens is 366 g/mol. The Bertz CT molecular complexity index is 874. The van der Waals surface area contributed by atoms with Gasteiger partial charge < -0.3 is 14.8 Å². The lowest BCUT2D eigenvalue weighted by Gasteiger charge is -2.09. The van der Waals surface area contributed by atoms with Crippen molar-refractivity contribution in [2.24, 2.45) is 0 Å². The van der Waals surface area contributed by atoms with Crippen LogP contribution in [0.1, 0.15) is 0 Å². The molecule has 2 aromatic rings. The molecule has 0 spiro atoms. The van der Waals surface area contributed by atoms with Gasteiger partial charge in [0.2, 0.25) is 9.84 Å². The predicted octanol–water partition coefficient (Wildman–Crippen LogP) is 3.25. The minimum atomic E-state index is -4.07. The largest absolute Gasteiger partial charge is 0.497 e. The van der Waals surface area contributed by atoms with Crippen LogP contribution in [0.25, 0.3) is 0 Å². The topological polar surface area (TPSA) is 81.7 Å². The van der Waals surface area contributed by atoms with Crippen molar-refractivity contribution < 1.29 is 22.7 Å². The van der Waals surface area contributed by atoms with E-state index < -0.39 is 20.7 Å². The molecule has 0 saturated carbocycles. The summed E-state index contributed by atoms with van der Waals surface area (Å²) in [6, 6.07) is 12.3. The van der Waals surface area contributed by atoms with Gasteiger partial charge in [-0.2, -0.15) is 0 Å². The van der Waals surface area contributed by atoms with E-state index in [1.54, 1.807) is 24.3 Å². The molecule has 0 amide bonds. The summed E-state index contributed by atoms with van der Waals surface area (Å²) in [5, 5.41) is 3.30. The minimum Gasteiger partial charge on any atom is -0.497 e. The Balaban J connectivity index is 2.39. The van der Waals surface area contributed by atoms with Crippen LogP contribution in [0.3, 0.4) is 0 Å². The Hall–Kier alpha value is -2.51. The number of carbonyl (C=O) groups is 1. The summed E-state index contributed by atoms with van der Waals surface area (Å²) in [4.78, 5) is 11.4. The Morgan fingerprint density at radius 1 is 1.04 bits per heavy atom. The fraction of sp³-hybridized carbons (Fsp3) is 0.118. The minimum absolute atomic E-state index is 0.0529. The number of ether oxygens (including phenoxy) is 2. The van der Waals surface area contributed by atoms with Crippen LogP contribution in [0.2, 0.25) is 5.02 Å². The van der Waals surface area contributed by atoms with Gasteiger partial charge in [0.25, 0.3) is 0 Å². The van der Waals surface area contributed by atoms with Crippen molar-refractivity contribution in [1.82, 2.24) is 0 Å².